The molecule has 0 fully saturated rings. The van der Waals surface area contributed by atoms with Crippen molar-refractivity contribution in [2.45, 2.75) is 31.6 Å². The summed E-state index contributed by atoms with van der Waals surface area (Å²) in [6, 6.07) is 9.04. The van der Waals surface area contributed by atoms with Crippen molar-refractivity contribution in [3.8, 4) is 11.4 Å². The molecule has 0 spiro atoms. The average Bonchev–Trinajstić information content (AvgIpc) is 3.14. The highest BCUT2D eigenvalue weighted by molar-refractivity contribution is 7.92. The maximum Gasteiger partial charge on any atom is 0.416 e. The molecule has 1 aliphatic heterocycles. The van der Waals surface area contributed by atoms with Crippen molar-refractivity contribution in [2.24, 2.45) is 0 Å². The molecular formula is C22H18F3N5OS. The van der Waals surface area contributed by atoms with Crippen LogP contribution in [0.25, 0.3) is 22.3 Å². The van der Waals surface area contributed by atoms with E-state index in [-0.39, 0.29) is 0 Å². The van der Waals surface area contributed by atoms with Gasteiger partial charge in [-0.05, 0) is 55.8 Å². The van der Waals surface area contributed by atoms with Crippen LogP contribution < -0.4 is 4.31 Å². The van der Waals surface area contributed by atoms with Crippen molar-refractivity contribution in [1.82, 2.24) is 19.7 Å². The SMILES string of the molecule is Cc1cc(-c2ncc3cc(C(F)(F)F)ccc3n2)ccc1N1CCn2ncc(C)c2[S+]1[O-]. The van der Waals surface area contributed by atoms with Gasteiger partial charge in [-0.3, -0.25) is 0 Å². The lowest BCUT2D eigenvalue weighted by molar-refractivity contribution is -0.137. The van der Waals surface area contributed by atoms with Crippen LogP contribution in [0.15, 0.2) is 53.8 Å². The zero-order chi connectivity index (χ0) is 22.6. The summed E-state index contributed by atoms with van der Waals surface area (Å²) in [7, 11) is 0. The summed E-state index contributed by atoms with van der Waals surface area (Å²) < 4.78 is 55.6. The van der Waals surface area contributed by atoms with Crippen LogP contribution >= 0.6 is 0 Å². The monoisotopic (exact) mass is 457 g/mol. The molecule has 0 saturated heterocycles. The van der Waals surface area contributed by atoms with Gasteiger partial charge in [-0.25, -0.2) is 14.6 Å². The molecule has 2 aromatic heterocycles. The molecule has 1 atom stereocenters. The first-order chi connectivity index (χ1) is 15.2. The third kappa shape index (κ3) is 3.49. The lowest BCUT2D eigenvalue weighted by Crippen LogP contribution is -2.40. The van der Waals surface area contributed by atoms with E-state index in [4.69, 9.17) is 0 Å². The van der Waals surface area contributed by atoms with E-state index < -0.39 is 23.1 Å². The minimum Gasteiger partial charge on any atom is -0.586 e. The van der Waals surface area contributed by atoms with E-state index in [1.54, 1.807) is 10.9 Å². The molecule has 164 valence electrons. The molecular weight excluding hydrogens is 439 g/mol. The zero-order valence-corrected chi connectivity index (χ0v) is 18.0. The number of aromatic nitrogens is 4. The van der Waals surface area contributed by atoms with Crippen LogP contribution in [0.1, 0.15) is 16.7 Å². The Morgan fingerprint density at radius 1 is 1.00 bits per heavy atom. The fourth-order valence-corrected chi connectivity index (χ4v) is 5.35. The Morgan fingerprint density at radius 3 is 2.56 bits per heavy atom. The number of hydrogen-bond donors (Lipinski definition) is 0. The Hall–Kier alpha value is -3.11. The molecule has 1 aliphatic rings. The second-order valence-electron chi connectivity index (χ2n) is 7.67. The third-order valence-corrected chi connectivity index (χ3v) is 7.12. The molecule has 0 bridgehead atoms. The van der Waals surface area contributed by atoms with Crippen LogP contribution in [-0.2, 0) is 24.1 Å². The number of benzene rings is 2. The van der Waals surface area contributed by atoms with Crippen LogP contribution in [0, 0.1) is 13.8 Å². The fourth-order valence-electron chi connectivity index (χ4n) is 3.86. The van der Waals surface area contributed by atoms with Crippen molar-refractivity contribution >= 4 is 28.0 Å². The smallest absolute Gasteiger partial charge is 0.416 e. The van der Waals surface area contributed by atoms with Crippen molar-refractivity contribution in [2.75, 3.05) is 10.8 Å². The number of nitrogens with zero attached hydrogens (tertiary/aromatic N) is 5. The highest BCUT2D eigenvalue weighted by Gasteiger charge is 2.34. The first-order valence-electron chi connectivity index (χ1n) is 9.89. The standard InChI is InChI=1S/C22H18F3N5OS/c1-13-9-15(20-26-12-16-10-17(22(23,24)25)4-5-18(16)28-20)3-6-19(13)30-8-7-29-21(32(30)31)14(2)11-27-29/h3-6,9-12H,7-8H2,1-2H3. The van der Waals surface area contributed by atoms with Gasteiger partial charge in [-0.1, -0.05) is 0 Å². The van der Waals surface area contributed by atoms with Gasteiger partial charge in [0.25, 0.3) is 5.03 Å². The van der Waals surface area contributed by atoms with Crippen molar-refractivity contribution < 1.29 is 17.7 Å². The van der Waals surface area contributed by atoms with E-state index in [1.807, 2.05) is 36.4 Å². The molecule has 4 aromatic rings. The Bertz CT molecular complexity index is 1340. The Morgan fingerprint density at radius 2 is 1.81 bits per heavy atom. The summed E-state index contributed by atoms with van der Waals surface area (Å²) >= 11 is -1.36. The van der Waals surface area contributed by atoms with Crippen LogP contribution in [0.3, 0.4) is 0 Å². The van der Waals surface area contributed by atoms with E-state index in [2.05, 4.69) is 15.1 Å². The molecule has 2 aromatic carbocycles. The molecule has 10 heteroatoms. The van der Waals surface area contributed by atoms with E-state index in [9.17, 15) is 17.7 Å². The summed E-state index contributed by atoms with van der Waals surface area (Å²) in [5.74, 6) is 0.417. The van der Waals surface area contributed by atoms with E-state index >= 15 is 0 Å². The molecule has 1 unspecified atom stereocenters. The molecule has 0 aliphatic carbocycles. The molecule has 6 nitrogen and oxygen atoms in total. The maximum atomic E-state index is 13.1. The fraction of sp³-hybridized carbons (Fsp3) is 0.227. The topological polar surface area (TPSA) is 69.9 Å². The number of anilines is 1. The molecule has 32 heavy (non-hydrogen) atoms. The summed E-state index contributed by atoms with van der Waals surface area (Å²) in [5, 5.41) is 5.30. The van der Waals surface area contributed by atoms with Gasteiger partial charge >= 0.3 is 6.18 Å². The van der Waals surface area contributed by atoms with Crippen LogP contribution in [0.5, 0.6) is 0 Å². The molecule has 0 amide bonds. The van der Waals surface area contributed by atoms with Crippen LogP contribution in [0.2, 0.25) is 0 Å². The van der Waals surface area contributed by atoms with Crippen molar-refractivity contribution in [3.63, 3.8) is 0 Å². The summed E-state index contributed by atoms with van der Waals surface area (Å²) in [6.45, 7) is 5.02. The first kappa shape index (κ1) is 20.8. The first-order valence-corrected chi connectivity index (χ1v) is 11.0. The lowest BCUT2D eigenvalue weighted by atomic mass is 10.1. The van der Waals surface area contributed by atoms with E-state index in [1.165, 1.54) is 12.3 Å². The quantitative estimate of drug-likeness (QED) is 0.409. The van der Waals surface area contributed by atoms with Crippen molar-refractivity contribution in [3.05, 3.63) is 65.5 Å². The number of hydrogen-bond acceptors (Lipinski definition) is 5. The molecule has 0 N–H and O–H groups in total. The van der Waals surface area contributed by atoms with Gasteiger partial charge in [0.1, 0.15) is 11.4 Å². The predicted molar refractivity (Wildman–Crippen MR) is 115 cm³/mol. The van der Waals surface area contributed by atoms with Crippen LogP contribution in [0.4, 0.5) is 18.9 Å². The van der Waals surface area contributed by atoms with Gasteiger partial charge in [0.2, 0.25) is 0 Å². The molecule has 0 saturated carbocycles. The van der Waals surface area contributed by atoms with Crippen molar-refractivity contribution in [1.29, 1.82) is 0 Å². The van der Waals surface area contributed by atoms with Gasteiger partial charge in [0, 0.05) is 22.7 Å². The van der Waals surface area contributed by atoms with Gasteiger partial charge in [-0.15, -0.1) is 0 Å². The number of fused-ring (bicyclic) bond motifs is 2. The highest BCUT2D eigenvalue weighted by Crippen LogP contribution is 2.34. The molecule has 0 radical (unpaired) electrons. The second kappa shape index (κ2) is 7.49. The Labute approximate surface area is 185 Å². The second-order valence-corrected chi connectivity index (χ2v) is 9.00. The average molecular weight is 457 g/mol. The highest BCUT2D eigenvalue weighted by atomic mass is 32.2. The summed E-state index contributed by atoms with van der Waals surface area (Å²) in [5.41, 5.74) is 3.07. The van der Waals surface area contributed by atoms with Gasteiger partial charge < -0.3 is 4.55 Å². The number of alkyl halides is 3. The summed E-state index contributed by atoms with van der Waals surface area (Å²) in [4.78, 5) is 8.71. The Kier molecular flexibility index (Phi) is 4.86. The Balaban J connectivity index is 1.47. The largest absolute Gasteiger partial charge is 0.586 e. The zero-order valence-electron chi connectivity index (χ0n) is 17.2. The summed E-state index contributed by atoms with van der Waals surface area (Å²) in [6.07, 6.45) is -1.29. The number of rotatable bonds is 2. The van der Waals surface area contributed by atoms with Crippen LogP contribution in [-0.4, -0.2) is 30.8 Å². The lowest BCUT2D eigenvalue weighted by Gasteiger charge is -2.31. The minimum atomic E-state index is -4.41. The normalized spacial score (nSPS) is 16.4. The van der Waals surface area contributed by atoms with Gasteiger partial charge in [-0.2, -0.15) is 22.6 Å². The van der Waals surface area contributed by atoms with E-state index in [0.29, 0.717) is 34.8 Å². The number of halogens is 3. The third-order valence-electron chi connectivity index (χ3n) is 5.47. The maximum absolute atomic E-state index is 13.1. The molecule has 5 rings (SSSR count). The number of aryl methyl sites for hydroxylation is 2. The predicted octanol–water partition coefficient (Wildman–Crippen LogP) is 4.67. The van der Waals surface area contributed by atoms with E-state index in [0.717, 1.165) is 34.5 Å². The minimum absolute atomic E-state index is 0.326. The van der Waals surface area contributed by atoms with Gasteiger partial charge in [0.15, 0.2) is 5.82 Å². The molecule has 3 heterocycles. The van der Waals surface area contributed by atoms with Gasteiger partial charge in [0.05, 0.1) is 36.1 Å².